The van der Waals surface area contributed by atoms with Crippen LogP contribution in [0.15, 0.2) is 0 Å². The Bertz CT molecular complexity index is 577. The first kappa shape index (κ1) is 39.8. The summed E-state index contributed by atoms with van der Waals surface area (Å²) in [6, 6.07) is 1.62. The predicted octanol–water partition coefficient (Wildman–Crippen LogP) is 7.62. The number of piperidine rings is 4. The quantitative estimate of drug-likeness (QED) is 0.326. The molecule has 4 rings (SSSR count). The van der Waals surface area contributed by atoms with Crippen molar-refractivity contribution in [2.45, 2.75) is 152 Å². The summed E-state index contributed by atoms with van der Waals surface area (Å²) in [4.78, 5) is 10.4. The summed E-state index contributed by atoms with van der Waals surface area (Å²) in [6.45, 7) is 23.2. The molecule has 0 unspecified atom stereocenters. The standard InChI is InChI=1S/C18H36N2O.C14H28N2.3CH4/c1-16(2)20-12-8-18(9-13-20)5-3-4-17-6-10-19(11-7-17)14-15-21;1-14(2,3)16-11-7-13(8-12-16)15-9-5-4-6-10-15;;;/h16-18,21H,3-15H2,1-2H3;13H,4-12H2,1-3H3;3*1H4. The van der Waals surface area contributed by atoms with Crippen molar-refractivity contribution < 1.29 is 5.11 Å². The maximum absolute atomic E-state index is 8.98. The molecule has 0 atom stereocenters. The summed E-state index contributed by atoms with van der Waals surface area (Å²) < 4.78 is 0. The first-order chi connectivity index (χ1) is 17.8. The zero-order valence-corrected chi connectivity index (χ0v) is 25.6. The molecule has 4 saturated heterocycles. The maximum Gasteiger partial charge on any atom is 0.0558 e. The SMILES string of the molecule is C.C.C.CC(C)(C)N1CCC(N2CCCCC2)CC1.CC(C)N1CCC(CCCC2CCN(CCO)CC2)CC1. The zero-order valence-electron chi connectivity index (χ0n) is 25.6. The summed E-state index contributed by atoms with van der Waals surface area (Å²) in [5, 5.41) is 8.98. The molecule has 5 heteroatoms. The second-order valence-electron chi connectivity index (χ2n) is 14.0. The normalized spacial score (nSPS) is 23.5. The Morgan fingerprint density at radius 3 is 1.62 bits per heavy atom. The molecular weight excluding hydrogens is 492 g/mol. The minimum absolute atomic E-state index is 0. The highest BCUT2D eigenvalue weighted by Gasteiger charge is 2.30. The number of β-amino-alcohol motifs (C(OH)–C–C–N with tert-alkyl or cyclic N) is 1. The first-order valence-electron chi connectivity index (χ1n) is 16.3. The molecule has 4 aliphatic rings. The van der Waals surface area contributed by atoms with E-state index in [1.165, 1.54) is 129 Å². The summed E-state index contributed by atoms with van der Waals surface area (Å²) in [5.41, 5.74) is 0.368. The monoisotopic (exact) mass is 569 g/mol. The molecule has 4 fully saturated rings. The molecule has 0 saturated carbocycles. The Morgan fingerprint density at radius 1 is 0.675 bits per heavy atom. The summed E-state index contributed by atoms with van der Waals surface area (Å²) >= 11 is 0. The van der Waals surface area contributed by atoms with E-state index in [-0.39, 0.29) is 22.3 Å². The third-order valence-electron chi connectivity index (χ3n) is 10.0. The van der Waals surface area contributed by atoms with Gasteiger partial charge in [0.2, 0.25) is 0 Å². The van der Waals surface area contributed by atoms with Crippen molar-refractivity contribution in [1.82, 2.24) is 19.6 Å². The summed E-state index contributed by atoms with van der Waals surface area (Å²) in [6.07, 6.45) is 17.0. The molecule has 0 aromatic carbocycles. The second-order valence-corrected chi connectivity index (χ2v) is 14.0. The lowest BCUT2D eigenvalue weighted by Gasteiger charge is -2.44. The lowest BCUT2D eigenvalue weighted by atomic mass is 9.86. The molecule has 0 bridgehead atoms. The molecule has 4 heterocycles. The van der Waals surface area contributed by atoms with E-state index in [0.29, 0.717) is 12.1 Å². The van der Waals surface area contributed by atoms with Crippen molar-refractivity contribution in [3.05, 3.63) is 0 Å². The lowest BCUT2D eigenvalue weighted by Crippen LogP contribution is -2.51. The Kier molecular flexibility index (Phi) is 20.6. The topological polar surface area (TPSA) is 33.2 Å². The van der Waals surface area contributed by atoms with Crippen LogP contribution < -0.4 is 0 Å². The van der Waals surface area contributed by atoms with E-state index in [9.17, 15) is 0 Å². The van der Waals surface area contributed by atoms with Gasteiger partial charge in [-0.1, -0.05) is 48.0 Å². The molecule has 0 amide bonds. The molecule has 242 valence electrons. The van der Waals surface area contributed by atoms with E-state index in [2.05, 4.69) is 54.2 Å². The Balaban J connectivity index is 0.000000728. The van der Waals surface area contributed by atoms with E-state index >= 15 is 0 Å². The van der Waals surface area contributed by atoms with Crippen LogP contribution in [0.1, 0.15) is 134 Å². The van der Waals surface area contributed by atoms with Crippen LogP contribution in [-0.2, 0) is 0 Å². The average Bonchev–Trinajstić information content (AvgIpc) is 2.91. The lowest BCUT2D eigenvalue weighted by molar-refractivity contribution is 0.0490. The van der Waals surface area contributed by atoms with E-state index in [0.717, 1.165) is 30.5 Å². The molecule has 0 spiro atoms. The molecule has 0 aromatic rings. The number of rotatable bonds is 8. The molecule has 1 N–H and O–H groups in total. The van der Waals surface area contributed by atoms with Crippen molar-refractivity contribution >= 4 is 0 Å². The highest BCUT2D eigenvalue weighted by Crippen LogP contribution is 2.28. The van der Waals surface area contributed by atoms with E-state index in [1.54, 1.807) is 0 Å². The first-order valence-corrected chi connectivity index (χ1v) is 16.3. The Labute approximate surface area is 253 Å². The Hall–Kier alpha value is -0.200. The minimum Gasteiger partial charge on any atom is -0.395 e. The minimum atomic E-state index is 0. The van der Waals surface area contributed by atoms with Crippen LogP contribution in [0, 0.1) is 11.8 Å². The van der Waals surface area contributed by atoms with Crippen molar-refractivity contribution in [2.24, 2.45) is 11.8 Å². The number of hydrogen-bond donors (Lipinski definition) is 1. The Morgan fingerprint density at radius 2 is 1.18 bits per heavy atom. The number of likely N-dealkylation sites (tertiary alicyclic amines) is 4. The van der Waals surface area contributed by atoms with Crippen molar-refractivity contribution in [2.75, 3.05) is 65.5 Å². The smallest absolute Gasteiger partial charge is 0.0558 e. The highest BCUT2D eigenvalue weighted by molar-refractivity contribution is 4.86. The summed E-state index contributed by atoms with van der Waals surface area (Å²) in [5.74, 6) is 1.95. The zero-order chi connectivity index (χ0) is 26.7. The molecule has 0 radical (unpaired) electrons. The predicted molar refractivity (Wildman–Crippen MR) is 179 cm³/mol. The average molecular weight is 569 g/mol. The van der Waals surface area contributed by atoms with Gasteiger partial charge in [-0.3, -0.25) is 4.90 Å². The van der Waals surface area contributed by atoms with E-state index < -0.39 is 0 Å². The molecule has 5 nitrogen and oxygen atoms in total. The summed E-state index contributed by atoms with van der Waals surface area (Å²) in [7, 11) is 0. The van der Waals surface area contributed by atoms with Gasteiger partial charge in [0, 0.05) is 37.3 Å². The van der Waals surface area contributed by atoms with Gasteiger partial charge in [-0.05, 0) is 137 Å². The number of aliphatic hydroxyl groups is 1. The third-order valence-corrected chi connectivity index (χ3v) is 10.0. The van der Waals surface area contributed by atoms with Gasteiger partial charge in [-0.2, -0.15) is 0 Å². The van der Waals surface area contributed by atoms with Gasteiger partial charge in [-0.25, -0.2) is 0 Å². The second kappa shape index (κ2) is 20.7. The largest absolute Gasteiger partial charge is 0.395 e. The maximum atomic E-state index is 8.98. The van der Waals surface area contributed by atoms with E-state index in [4.69, 9.17) is 5.11 Å². The molecule has 0 aliphatic carbocycles. The van der Waals surface area contributed by atoms with Gasteiger partial charge in [-0.15, -0.1) is 0 Å². The highest BCUT2D eigenvalue weighted by atomic mass is 16.3. The van der Waals surface area contributed by atoms with Gasteiger partial charge in [0.1, 0.15) is 0 Å². The van der Waals surface area contributed by atoms with Crippen molar-refractivity contribution in [3.63, 3.8) is 0 Å². The van der Waals surface area contributed by atoms with Crippen LogP contribution in [0.5, 0.6) is 0 Å². The molecule has 0 aromatic heterocycles. The van der Waals surface area contributed by atoms with E-state index in [1.807, 2.05) is 0 Å². The number of nitrogens with zero attached hydrogens (tertiary/aromatic N) is 4. The fourth-order valence-corrected chi connectivity index (χ4v) is 7.28. The van der Waals surface area contributed by atoms with Crippen LogP contribution in [-0.4, -0.2) is 108 Å². The molecule has 40 heavy (non-hydrogen) atoms. The van der Waals surface area contributed by atoms with Crippen LogP contribution in [0.2, 0.25) is 0 Å². The van der Waals surface area contributed by atoms with Crippen LogP contribution in [0.3, 0.4) is 0 Å². The van der Waals surface area contributed by atoms with Crippen LogP contribution in [0.25, 0.3) is 0 Å². The van der Waals surface area contributed by atoms with Crippen LogP contribution >= 0.6 is 0 Å². The number of aliphatic hydroxyl groups excluding tert-OH is 1. The van der Waals surface area contributed by atoms with Gasteiger partial charge in [0.25, 0.3) is 0 Å². The number of hydrogen-bond acceptors (Lipinski definition) is 5. The van der Waals surface area contributed by atoms with Crippen molar-refractivity contribution in [1.29, 1.82) is 0 Å². The van der Waals surface area contributed by atoms with Gasteiger partial charge < -0.3 is 19.8 Å². The fourth-order valence-electron chi connectivity index (χ4n) is 7.28. The third kappa shape index (κ3) is 13.8. The van der Waals surface area contributed by atoms with Crippen molar-refractivity contribution in [3.8, 4) is 0 Å². The molecule has 4 aliphatic heterocycles. The van der Waals surface area contributed by atoms with Gasteiger partial charge in [0.15, 0.2) is 0 Å². The van der Waals surface area contributed by atoms with Gasteiger partial charge in [0.05, 0.1) is 6.61 Å². The fraction of sp³-hybridized carbons (Fsp3) is 1.00. The van der Waals surface area contributed by atoms with Gasteiger partial charge >= 0.3 is 0 Å². The molecular formula is C35H76N4O. The van der Waals surface area contributed by atoms with Crippen LogP contribution in [0.4, 0.5) is 0 Å².